The summed E-state index contributed by atoms with van der Waals surface area (Å²) in [6.07, 6.45) is 0.0529. The summed E-state index contributed by atoms with van der Waals surface area (Å²) in [5.74, 6) is 0.470. The number of hydrogen-bond acceptors (Lipinski definition) is 4. The Labute approximate surface area is 169 Å². The first-order chi connectivity index (χ1) is 13.5. The average molecular weight is 405 g/mol. The predicted molar refractivity (Wildman–Crippen MR) is 109 cm³/mol. The zero-order chi connectivity index (χ0) is 20.1. The highest BCUT2D eigenvalue weighted by molar-refractivity contribution is 6.27. The molecular weight excluding hydrogens is 380 g/mol. The number of methoxy groups -OCH3 is 1. The molecule has 6 nitrogen and oxygen atoms in total. The van der Waals surface area contributed by atoms with E-state index in [0.29, 0.717) is 26.1 Å². The van der Waals surface area contributed by atoms with E-state index < -0.39 is 0 Å². The van der Waals surface area contributed by atoms with E-state index >= 15 is 0 Å². The van der Waals surface area contributed by atoms with Crippen LogP contribution in [0.3, 0.4) is 0 Å². The summed E-state index contributed by atoms with van der Waals surface area (Å²) in [6.45, 7) is 3.29. The molecular formula is C21H25ClN2O4. The fourth-order valence-electron chi connectivity index (χ4n) is 3.46. The van der Waals surface area contributed by atoms with Crippen LogP contribution in [0.4, 0.5) is 0 Å². The third-order valence-electron chi connectivity index (χ3n) is 5.04. The molecule has 2 atom stereocenters. The second-order valence-electron chi connectivity index (χ2n) is 6.92. The quantitative estimate of drug-likeness (QED) is 0.750. The first-order valence-electron chi connectivity index (χ1n) is 9.32. The summed E-state index contributed by atoms with van der Waals surface area (Å²) in [4.78, 5) is 26.3. The maximum absolute atomic E-state index is 12.9. The molecule has 7 heteroatoms. The number of rotatable bonds is 6. The summed E-state index contributed by atoms with van der Waals surface area (Å²) in [5, 5.41) is 4.89. The van der Waals surface area contributed by atoms with Crippen LogP contribution in [-0.2, 0) is 20.7 Å². The minimum absolute atomic E-state index is 0.0412. The summed E-state index contributed by atoms with van der Waals surface area (Å²) in [6, 6.07) is 11.6. The zero-order valence-corrected chi connectivity index (χ0v) is 16.9. The molecule has 1 fully saturated rings. The molecule has 0 bridgehead atoms. The Balaban J connectivity index is 1.71. The van der Waals surface area contributed by atoms with Gasteiger partial charge in [-0.2, -0.15) is 0 Å². The number of amides is 2. The van der Waals surface area contributed by atoms with Gasteiger partial charge in [0, 0.05) is 13.1 Å². The van der Waals surface area contributed by atoms with Gasteiger partial charge in [0.1, 0.15) is 11.6 Å². The van der Waals surface area contributed by atoms with Gasteiger partial charge in [0.05, 0.1) is 32.3 Å². The van der Waals surface area contributed by atoms with Crippen LogP contribution in [0.5, 0.6) is 5.75 Å². The summed E-state index contributed by atoms with van der Waals surface area (Å²) < 4.78 is 11.1. The average Bonchev–Trinajstić information content (AvgIpc) is 2.73. The van der Waals surface area contributed by atoms with E-state index in [2.05, 4.69) is 5.32 Å². The molecule has 0 saturated carbocycles. The van der Waals surface area contributed by atoms with Gasteiger partial charge < -0.3 is 19.7 Å². The van der Waals surface area contributed by atoms with Crippen LogP contribution in [0.2, 0.25) is 0 Å². The second-order valence-corrected chi connectivity index (χ2v) is 7.19. The van der Waals surface area contributed by atoms with Crippen LogP contribution in [0.15, 0.2) is 36.4 Å². The maximum Gasteiger partial charge on any atom is 0.235 e. The highest BCUT2D eigenvalue weighted by atomic mass is 35.5. The Morgan fingerprint density at radius 2 is 2.18 bits per heavy atom. The Morgan fingerprint density at radius 3 is 2.93 bits per heavy atom. The lowest BCUT2D eigenvalue weighted by molar-refractivity contribution is -0.139. The standard InChI is InChI=1S/C21H25ClN2O4/c1-14(23-20(25)12-22)19-13-24(8-9-28-19)21(26)10-16-5-3-4-15-6-7-17(27-2)11-18(15)16/h3-7,11,14,19H,8-10,12-13H2,1-2H3,(H,23,25). The fourth-order valence-corrected chi connectivity index (χ4v) is 3.54. The lowest BCUT2D eigenvalue weighted by atomic mass is 10.0. The molecule has 2 aromatic carbocycles. The van der Waals surface area contributed by atoms with Gasteiger partial charge in [-0.3, -0.25) is 9.59 Å². The third kappa shape index (κ3) is 4.75. The molecule has 1 aliphatic heterocycles. The van der Waals surface area contributed by atoms with Crippen molar-refractivity contribution >= 4 is 34.2 Å². The predicted octanol–water partition coefficient (Wildman–Crippen LogP) is 2.36. The number of halogens is 1. The Morgan fingerprint density at radius 1 is 1.36 bits per heavy atom. The molecule has 0 aliphatic carbocycles. The van der Waals surface area contributed by atoms with Crippen molar-refractivity contribution in [3.05, 3.63) is 42.0 Å². The van der Waals surface area contributed by atoms with E-state index in [9.17, 15) is 9.59 Å². The van der Waals surface area contributed by atoms with Crippen LogP contribution >= 0.6 is 11.6 Å². The minimum Gasteiger partial charge on any atom is -0.497 e. The molecule has 2 unspecified atom stereocenters. The lowest BCUT2D eigenvalue weighted by Crippen LogP contribution is -2.54. The first-order valence-corrected chi connectivity index (χ1v) is 9.85. The van der Waals surface area contributed by atoms with Crippen LogP contribution in [-0.4, -0.2) is 61.5 Å². The van der Waals surface area contributed by atoms with Crippen molar-refractivity contribution in [2.45, 2.75) is 25.5 Å². The molecule has 150 valence electrons. The van der Waals surface area contributed by atoms with Gasteiger partial charge in [-0.25, -0.2) is 0 Å². The van der Waals surface area contributed by atoms with Gasteiger partial charge in [-0.05, 0) is 35.4 Å². The SMILES string of the molecule is COc1ccc2cccc(CC(=O)N3CCOC(C(C)NC(=O)CCl)C3)c2c1. The number of nitrogens with zero attached hydrogens (tertiary/aromatic N) is 1. The number of alkyl halides is 1. The van der Waals surface area contributed by atoms with Gasteiger partial charge >= 0.3 is 0 Å². The number of carbonyl (C=O) groups excluding carboxylic acids is 2. The Bertz CT molecular complexity index is 857. The number of morpholine rings is 1. The largest absolute Gasteiger partial charge is 0.497 e. The molecule has 2 aromatic rings. The van der Waals surface area contributed by atoms with E-state index in [4.69, 9.17) is 21.1 Å². The number of ether oxygens (including phenoxy) is 2. The van der Waals surface area contributed by atoms with E-state index in [1.807, 2.05) is 43.3 Å². The van der Waals surface area contributed by atoms with Crippen molar-refractivity contribution in [2.24, 2.45) is 0 Å². The van der Waals surface area contributed by atoms with Gasteiger partial charge in [0.25, 0.3) is 0 Å². The number of benzene rings is 2. The van der Waals surface area contributed by atoms with Crippen LogP contribution in [0.25, 0.3) is 10.8 Å². The molecule has 0 spiro atoms. The monoisotopic (exact) mass is 404 g/mol. The Hall–Kier alpha value is -2.31. The number of nitrogens with one attached hydrogen (secondary N) is 1. The van der Waals surface area contributed by atoms with Gasteiger partial charge in [-0.15, -0.1) is 11.6 Å². The minimum atomic E-state index is -0.252. The number of hydrogen-bond donors (Lipinski definition) is 1. The number of fused-ring (bicyclic) bond motifs is 1. The van der Waals surface area contributed by atoms with Crippen molar-refractivity contribution < 1.29 is 19.1 Å². The smallest absolute Gasteiger partial charge is 0.235 e. The van der Waals surface area contributed by atoms with Crippen molar-refractivity contribution in [1.82, 2.24) is 10.2 Å². The fraction of sp³-hybridized carbons (Fsp3) is 0.429. The molecule has 1 N–H and O–H groups in total. The van der Waals surface area contributed by atoms with Gasteiger partial charge in [-0.1, -0.05) is 24.3 Å². The van der Waals surface area contributed by atoms with Gasteiger partial charge in [0.2, 0.25) is 11.8 Å². The second kappa shape index (κ2) is 9.26. The highest BCUT2D eigenvalue weighted by Gasteiger charge is 2.29. The molecule has 1 saturated heterocycles. The molecule has 28 heavy (non-hydrogen) atoms. The van der Waals surface area contributed by atoms with E-state index in [0.717, 1.165) is 22.1 Å². The van der Waals surface area contributed by atoms with Crippen LogP contribution < -0.4 is 10.1 Å². The molecule has 2 amide bonds. The van der Waals surface area contributed by atoms with E-state index in [1.165, 1.54) is 0 Å². The Kier molecular flexibility index (Phi) is 6.75. The number of carbonyl (C=O) groups is 2. The van der Waals surface area contributed by atoms with Crippen LogP contribution in [0.1, 0.15) is 12.5 Å². The van der Waals surface area contributed by atoms with Crippen molar-refractivity contribution in [3.63, 3.8) is 0 Å². The summed E-state index contributed by atoms with van der Waals surface area (Å²) in [7, 11) is 1.63. The van der Waals surface area contributed by atoms with Crippen molar-refractivity contribution in [1.29, 1.82) is 0 Å². The summed E-state index contributed by atoms with van der Waals surface area (Å²) in [5.41, 5.74) is 0.966. The molecule has 3 rings (SSSR count). The van der Waals surface area contributed by atoms with Gasteiger partial charge in [0.15, 0.2) is 0 Å². The molecule has 0 radical (unpaired) electrons. The molecule has 0 aromatic heterocycles. The van der Waals surface area contributed by atoms with Crippen LogP contribution in [0, 0.1) is 0 Å². The van der Waals surface area contributed by atoms with Crippen molar-refractivity contribution in [2.75, 3.05) is 32.7 Å². The topological polar surface area (TPSA) is 67.9 Å². The normalized spacial score (nSPS) is 18.0. The zero-order valence-electron chi connectivity index (χ0n) is 16.1. The highest BCUT2D eigenvalue weighted by Crippen LogP contribution is 2.25. The summed E-state index contributed by atoms with van der Waals surface area (Å²) >= 11 is 5.55. The van der Waals surface area contributed by atoms with E-state index in [1.54, 1.807) is 12.0 Å². The van der Waals surface area contributed by atoms with Crippen molar-refractivity contribution in [3.8, 4) is 5.75 Å². The third-order valence-corrected chi connectivity index (χ3v) is 5.28. The lowest BCUT2D eigenvalue weighted by Gasteiger charge is -2.36. The van der Waals surface area contributed by atoms with E-state index in [-0.39, 0.29) is 29.8 Å². The molecule has 1 heterocycles. The molecule has 1 aliphatic rings. The maximum atomic E-state index is 12.9. The first kappa shape index (κ1) is 20.4.